The largest absolute Gasteiger partial charge is 0.493 e. The molecule has 7 nitrogen and oxygen atoms in total. The van der Waals surface area contributed by atoms with E-state index in [-0.39, 0.29) is 6.10 Å². The summed E-state index contributed by atoms with van der Waals surface area (Å²) in [7, 11) is 3.22. The average Bonchev–Trinajstić information content (AvgIpc) is 3.21. The number of azide groups is 1. The quantitative estimate of drug-likeness (QED) is 0.276. The molecule has 8 heteroatoms. The first-order valence-electron chi connectivity index (χ1n) is 9.52. The minimum Gasteiger partial charge on any atom is -0.493 e. The maximum atomic E-state index is 8.70. The Morgan fingerprint density at radius 1 is 1.13 bits per heavy atom. The van der Waals surface area contributed by atoms with Gasteiger partial charge in [0.25, 0.3) is 0 Å². The van der Waals surface area contributed by atoms with Gasteiger partial charge in [0, 0.05) is 33.8 Å². The summed E-state index contributed by atoms with van der Waals surface area (Å²) in [6.07, 6.45) is 1.78. The minimum absolute atomic E-state index is 0.294. The number of para-hydroxylation sites is 1. The molecule has 0 bridgehead atoms. The smallest absolute Gasteiger partial charge is 0.166 e. The summed E-state index contributed by atoms with van der Waals surface area (Å²) in [4.78, 5) is 2.87. The van der Waals surface area contributed by atoms with Crippen LogP contribution in [0.15, 0.2) is 59.8 Å². The third-order valence-electron chi connectivity index (χ3n) is 5.21. The molecule has 3 aromatic rings. The van der Waals surface area contributed by atoms with Crippen molar-refractivity contribution < 1.29 is 14.2 Å². The Kier molecular flexibility index (Phi) is 5.86. The summed E-state index contributed by atoms with van der Waals surface area (Å²) in [6, 6.07) is 15.5. The van der Waals surface area contributed by atoms with E-state index >= 15 is 0 Å². The molecule has 30 heavy (non-hydrogen) atoms. The summed E-state index contributed by atoms with van der Waals surface area (Å²) >= 11 is 6.38. The van der Waals surface area contributed by atoms with Crippen LogP contribution in [0.25, 0.3) is 16.1 Å². The number of hydrogen-bond donors (Lipinski definition) is 0. The van der Waals surface area contributed by atoms with Crippen molar-refractivity contribution in [3.63, 3.8) is 0 Å². The second-order valence-electron chi connectivity index (χ2n) is 6.84. The van der Waals surface area contributed by atoms with Crippen molar-refractivity contribution in [2.45, 2.75) is 18.6 Å². The molecule has 0 radical (unpaired) electrons. The van der Waals surface area contributed by atoms with Crippen molar-refractivity contribution in [2.75, 3.05) is 20.8 Å². The maximum Gasteiger partial charge on any atom is 0.166 e. The molecule has 1 aliphatic rings. The lowest BCUT2D eigenvalue weighted by Gasteiger charge is -2.25. The van der Waals surface area contributed by atoms with E-state index in [9.17, 15) is 0 Å². The lowest BCUT2D eigenvalue weighted by atomic mass is 9.98. The first-order chi connectivity index (χ1) is 14.7. The van der Waals surface area contributed by atoms with Crippen molar-refractivity contribution in [3.05, 3.63) is 87.0 Å². The van der Waals surface area contributed by atoms with E-state index in [1.54, 1.807) is 14.2 Å². The molecular weight excluding hydrogens is 404 g/mol. The van der Waals surface area contributed by atoms with Gasteiger partial charge >= 0.3 is 0 Å². The Bertz CT molecular complexity index is 1110. The van der Waals surface area contributed by atoms with Crippen molar-refractivity contribution in [2.24, 2.45) is 5.11 Å². The summed E-state index contributed by atoms with van der Waals surface area (Å²) in [5.41, 5.74) is 12.4. The summed E-state index contributed by atoms with van der Waals surface area (Å²) in [5.74, 6) is 1.23. The van der Waals surface area contributed by atoms with Gasteiger partial charge in [0.1, 0.15) is 6.10 Å². The molecular formula is C22H21ClN4O3. The van der Waals surface area contributed by atoms with Crippen LogP contribution in [0.2, 0.25) is 5.02 Å². The third kappa shape index (κ3) is 3.59. The predicted molar refractivity (Wildman–Crippen MR) is 115 cm³/mol. The molecule has 0 saturated heterocycles. The summed E-state index contributed by atoms with van der Waals surface area (Å²) < 4.78 is 19.9. The molecule has 2 heterocycles. The number of hydrogen-bond acceptors (Lipinski definition) is 4. The first kappa shape index (κ1) is 20.2. The number of benzene rings is 2. The van der Waals surface area contributed by atoms with Crippen LogP contribution in [-0.2, 0) is 4.74 Å². The van der Waals surface area contributed by atoms with E-state index in [0.717, 1.165) is 22.5 Å². The van der Waals surface area contributed by atoms with Crippen molar-refractivity contribution in [1.29, 1.82) is 0 Å². The highest BCUT2D eigenvalue weighted by molar-refractivity contribution is 6.30. The van der Waals surface area contributed by atoms with E-state index in [2.05, 4.69) is 14.6 Å². The fourth-order valence-corrected chi connectivity index (χ4v) is 4.11. The van der Waals surface area contributed by atoms with Gasteiger partial charge in [-0.25, -0.2) is 0 Å². The second-order valence-corrected chi connectivity index (χ2v) is 7.27. The lowest BCUT2D eigenvalue weighted by Crippen LogP contribution is -2.12. The number of nitrogens with zero attached hydrogens (tertiary/aromatic N) is 4. The van der Waals surface area contributed by atoms with Crippen LogP contribution >= 0.6 is 11.6 Å². The summed E-state index contributed by atoms with van der Waals surface area (Å²) in [6.45, 7) is 0.325. The van der Waals surface area contributed by atoms with Gasteiger partial charge < -0.3 is 18.8 Å². The van der Waals surface area contributed by atoms with Gasteiger partial charge in [0.05, 0.1) is 31.7 Å². The molecule has 2 unspecified atom stereocenters. The highest BCUT2D eigenvalue weighted by atomic mass is 35.5. The van der Waals surface area contributed by atoms with Crippen LogP contribution in [0.1, 0.15) is 35.4 Å². The second kappa shape index (κ2) is 8.71. The van der Waals surface area contributed by atoms with Gasteiger partial charge in [-0.05, 0) is 48.4 Å². The zero-order valence-electron chi connectivity index (χ0n) is 16.7. The number of methoxy groups -OCH3 is 2. The minimum atomic E-state index is -0.459. The fraction of sp³-hybridized carbons (Fsp3) is 0.273. The topological polar surface area (TPSA) is 81.4 Å². The highest BCUT2D eigenvalue weighted by Gasteiger charge is 2.32. The van der Waals surface area contributed by atoms with Crippen molar-refractivity contribution in [3.8, 4) is 17.2 Å². The Morgan fingerprint density at radius 3 is 2.77 bits per heavy atom. The first-order valence-corrected chi connectivity index (χ1v) is 9.90. The lowest BCUT2D eigenvalue weighted by molar-refractivity contribution is 0.00260. The zero-order chi connectivity index (χ0) is 21.1. The molecule has 1 aliphatic heterocycles. The van der Waals surface area contributed by atoms with Crippen LogP contribution in [0.5, 0.6) is 11.5 Å². The SMILES string of the molecule is COc1cccc(C2OC(CCN=[N+]=[N-])c3cccn3-c3ccc(Cl)cc32)c1OC. The molecule has 4 rings (SSSR count). The predicted octanol–water partition coefficient (Wildman–Crippen LogP) is 6.01. The normalized spacial score (nSPS) is 17.3. The van der Waals surface area contributed by atoms with Gasteiger partial charge in [-0.15, -0.1) is 0 Å². The number of halogens is 1. The zero-order valence-corrected chi connectivity index (χ0v) is 17.4. The standard InChI is InChI=1S/C22H21ClN4O3/c1-28-20-7-3-5-15(22(20)29-2)21-16-13-14(23)8-9-17(16)27-12-4-6-18(27)19(30-21)10-11-25-26-24/h3-9,12-13,19,21H,10-11H2,1-2H3. The molecule has 0 aliphatic carbocycles. The van der Waals surface area contributed by atoms with Gasteiger partial charge in [-0.2, -0.15) is 0 Å². The van der Waals surface area contributed by atoms with E-state index in [0.29, 0.717) is 29.5 Å². The van der Waals surface area contributed by atoms with E-state index in [1.807, 2.05) is 54.7 Å². The fourth-order valence-electron chi connectivity index (χ4n) is 3.93. The Labute approximate surface area is 179 Å². The highest BCUT2D eigenvalue weighted by Crippen LogP contribution is 2.46. The Morgan fingerprint density at radius 2 is 2.00 bits per heavy atom. The van der Waals surface area contributed by atoms with Crippen LogP contribution in [0, 0.1) is 0 Å². The van der Waals surface area contributed by atoms with E-state index < -0.39 is 6.10 Å². The number of aromatic nitrogens is 1. The number of ether oxygens (including phenoxy) is 3. The molecule has 0 saturated carbocycles. The Hall–Kier alpha value is -3.12. The van der Waals surface area contributed by atoms with Crippen LogP contribution in [0.3, 0.4) is 0 Å². The van der Waals surface area contributed by atoms with Crippen LogP contribution < -0.4 is 9.47 Å². The van der Waals surface area contributed by atoms with Gasteiger partial charge in [0.15, 0.2) is 11.5 Å². The van der Waals surface area contributed by atoms with Crippen molar-refractivity contribution in [1.82, 2.24) is 4.57 Å². The molecule has 2 atom stereocenters. The Balaban J connectivity index is 1.91. The molecule has 0 fully saturated rings. The third-order valence-corrected chi connectivity index (χ3v) is 5.45. The number of fused-ring (bicyclic) bond motifs is 3. The average molecular weight is 425 g/mol. The number of rotatable bonds is 6. The monoisotopic (exact) mass is 424 g/mol. The van der Waals surface area contributed by atoms with Gasteiger partial charge in [0.2, 0.25) is 0 Å². The van der Waals surface area contributed by atoms with E-state index in [4.69, 9.17) is 31.3 Å². The maximum absolute atomic E-state index is 8.70. The molecule has 0 N–H and O–H groups in total. The van der Waals surface area contributed by atoms with Crippen molar-refractivity contribution >= 4 is 11.6 Å². The van der Waals surface area contributed by atoms with E-state index in [1.165, 1.54) is 0 Å². The molecule has 154 valence electrons. The van der Waals surface area contributed by atoms with Crippen LogP contribution in [-0.4, -0.2) is 25.3 Å². The molecule has 1 aromatic heterocycles. The molecule has 0 spiro atoms. The van der Waals surface area contributed by atoms with Gasteiger partial charge in [-0.3, -0.25) is 0 Å². The molecule has 2 aromatic carbocycles. The van der Waals surface area contributed by atoms with Gasteiger partial charge in [-0.1, -0.05) is 28.8 Å². The molecule has 0 amide bonds. The van der Waals surface area contributed by atoms with Crippen LogP contribution in [0.4, 0.5) is 0 Å². The summed E-state index contributed by atoms with van der Waals surface area (Å²) in [5, 5.41) is 4.32.